The van der Waals surface area contributed by atoms with Crippen molar-refractivity contribution in [1.29, 1.82) is 0 Å². The summed E-state index contributed by atoms with van der Waals surface area (Å²) in [6.45, 7) is 1.78. The fraction of sp³-hybridized carbons (Fsp3) is 0.333. The van der Waals surface area contributed by atoms with E-state index in [4.69, 9.17) is 0 Å². The Morgan fingerprint density at radius 2 is 1.89 bits per heavy atom. The summed E-state index contributed by atoms with van der Waals surface area (Å²) < 4.78 is 63.3. The highest BCUT2D eigenvalue weighted by atomic mass is 32.2. The highest BCUT2D eigenvalue weighted by Crippen LogP contribution is 2.34. The van der Waals surface area contributed by atoms with Crippen LogP contribution in [0.4, 0.5) is 13.2 Å². The van der Waals surface area contributed by atoms with Gasteiger partial charge in [0.15, 0.2) is 0 Å². The van der Waals surface area contributed by atoms with Crippen LogP contribution >= 0.6 is 0 Å². The molecule has 1 unspecified atom stereocenters. The van der Waals surface area contributed by atoms with Crippen LogP contribution in [0.25, 0.3) is 5.76 Å². The van der Waals surface area contributed by atoms with Gasteiger partial charge in [0.25, 0.3) is 0 Å². The minimum absolute atomic E-state index is 0.0895. The van der Waals surface area contributed by atoms with E-state index in [0.717, 1.165) is 5.56 Å². The Balaban J connectivity index is 2.41. The van der Waals surface area contributed by atoms with Gasteiger partial charge in [0.05, 0.1) is 0 Å². The van der Waals surface area contributed by atoms with Crippen LogP contribution in [0, 0.1) is 5.92 Å². The van der Waals surface area contributed by atoms with E-state index in [2.05, 4.69) is 4.18 Å². The smallest absolute Gasteiger partial charge is 0.376 e. The number of hydrogen-bond acceptors (Lipinski definition) is 3. The third-order valence-electron chi connectivity index (χ3n) is 2.74. The monoisotopic (exact) mass is 292 g/mol. The summed E-state index contributed by atoms with van der Waals surface area (Å²) in [5.41, 5.74) is -4.28. The van der Waals surface area contributed by atoms with E-state index in [-0.39, 0.29) is 11.7 Å². The Kier molecular flexibility index (Phi) is 3.34. The van der Waals surface area contributed by atoms with Gasteiger partial charge in [-0.05, 0) is 24.0 Å². The average Bonchev–Trinajstić information content (AvgIpc) is 2.26. The van der Waals surface area contributed by atoms with Gasteiger partial charge < -0.3 is 4.18 Å². The molecule has 7 heteroatoms. The molecule has 19 heavy (non-hydrogen) atoms. The van der Waals surface area contributed by atoms with Gasteiger partial charge >= 0.3 is 15.6 Å². The highest BCUT2D eigenvalue weighted by Gasteiger charge is 2.49. The number of hydrogen-bond donors (Lipinski definition) is 0. The lowest BCUT2D eigenvalue weighted by atomic mass is 9.90. The Morgan fingerprint density at radius 1 is 1.26 bits per heavy atom. The van der Waals surface area contributed by atoms with Crippen molar-refractivity contribution in [3.05, 3.63) is 41.5 Å². The van der Waals surface area contributed by atoms with Crippen molar-refractivity contribution in [3.63, 3.8) is 0 Å². The third kappa shape index (κ3) is 2.75. The Morgan fingerprint density at radius 3 is 2.53 bits per heavy atom. The van der Waals surface area contributed by atoms with E-state index >= 15 is 0 Å². The molecule has 0 heterocycles. The number of alkyl halides is 3. The number of allylic oxidation sites excluding steroid dienone is 1. The molecule has 2 rings (SSSR count). The molecule has 1 aromatic carbocycles. The molecule has 104 valence electrons. The molecule has 1 aromatic rings. The van der Waals surface area contributed by atoms with Gasteiger partial charge in [-0.3, -0.25) is 0 Å². The number of rotatable bonds is 2. The Hall–Kier alpha value is -1.50. The maximum Gasteiger partial charge on any atom is 0.534 e. The van der Waals surface area contributed by atoms with Crippen LogP contribution < -0.4 is 0 Å². The fourth-order valence-corrected chi connectivity index (χ4v) is 2.41. The maximum atomic E-state index is 12.3. The van der Waals surface area contributed by atoms with Gasteiger partial charge in [0.2, 0.25) is 0 Å². The van der Waals surface area contributed by atoms with E-state index in [1.54, 1.807) is 31.2 Å². The summed E-state index contributed by atoms with van der Waals surface area (Å²) in [6, 6.07) is 6.64. The molecule has 0 amide bonds. The molecule has 1 aliphatic rings. The molecular formula is C12H11F3O3S. The van der Waals surface area contributed by atoms with Crippen molar-refractivity contribution >= 4 is 15.9 Å². The molecule has 0 aliphatic heterocycles. The van der Waals surface area contributed by atoms with Gasteiger partial charge in [-0.25, -0.2) is 0 Å². The van der Waals surface area contributed by atoms with Crippen LogP contribution in [0.1, 0.15) is 18.1 Å². The molecule has 0 saturated carbocycles. The van der Waals surface area contributed by atoms with E-state index in [1.807, 2.05) is 0 Å². The molecular weight excluding hydrogens is 281 g/mol. The second-order valence-electron chi connectivity index (χ2n) is 4.35. The average molecular weight is 292 g/mol. The second-order valence-corrected chi connectivity index (χ2v) is 5.89. The first kappa shape index (κ1) is 13.9. The topological polar surface area (TPSA) is 43.4 Å². The maximum absolute atomic E-state index is 12.3. The quantitative estimate of drug-likeness (QED) is 0.621. The molecule has 1 atom stereocenters. The number of halogens is 3. The number of benzene rings is 1. The van der Waals surface area contributed by atoms with E-state index < -0.39 is 15.6 Å². The molecule has 0 radical (unpaired) electrons. The van der Waals surface area contributed by atoms with Crippen LogP contribution in [-0.4, -0.2) is 13.9 Å². The van der Waals surface area contributed by atoms with Crippen LogP contribution in [0.15, 0.2) is 30.3 Å². The summed E-state index contributed by atoms with van der Waals surface area (Å²) in [6.07, 6.45) is 2.03. The molecule has 0 N–H and O–H groups in total. The zero-order valence-corrected chi connectivity index (χ0v) is 10.8. The molecule has 0 saturated heterocycles. The van der Waals surface area contributed by atoms with Crippen LogP contribution in [-0.2, 0) is 20.7 Å². The lowest BCUT2D eigenvalue weighted by molar-refractivity contribution is -0.0509. The van der Waals surface area contributed by atoms with E-state index in [0.29, 0.717) is 12.0 Å². The zero-order valence-electron chi connectivity index (χ0n) is 9.94. The van der Waals surface area contributed by atoms with E-state index in [1.165, 1.54) is 6.08 Å². The molecule has 3 nitrogen and oxygen atoms in total. The van der Waals surface area contributed by atoms with Crippen LogP contribution in [0.3, 0.4) is 0 Å². The first-order chi connectivity index (χ1) is 8.71. The lowest BCUT2D eigenvalue weighted by Crippen LogP contribution is -2.26. The number of fused-ring (bicyclic) bond motifs is 1. The molecule has 0 spiro atoms. The summed E-state index contributed by atoms with van der Waals surface area (Å²) in [4.78, 5) is 0. The molecule has 1 aliphatic carbocycles. The van der Waals surface area contributed by atoms with Gasteiger partial charge in [-0.15, -0.1) is 0 Å². The minimum atomic E-state index is -5.63. The molecule has 0 bridgehead atoms. The standard InChI is InChI=1S/C12H11F3O3S/c1-8-6-9-4-2-3-5-10(9)11(7-8)18-19(16,17)12(13,14)15/h2-5,7-8H,6H2,1H3. The van der Waals surface area contributed by atoms with Crippen molar-refractivity contribution in [2.24, 2.45) is 5.92 Å². The highest BCUT2D eigenvalue weighted by molar-refractivity contribution is 7.87. The minimum Gasteiger partial charge on any atom is -0.376 e. The summed E-state index contributed by atoms with van der Waals surface area (Å²) in [5, 5.41) is 0. The molecule has 0 aromatic heterocycles. The summed E-state index contributed by atoms with van der Waals surface area (Å²) in [5.74, 6) is -0.347. The second kappa shape index (κ2) is 4.56. The first-order valence-corrected chi connectivity index (χ1v) is 6.92. The first-order valence-electron chi connectivity index (χ1n) is 5.51. The van der Waals surface area contributed by atoms with Gasteiger partial charge in [0, 0.05) is 5.56 Å². The Bertz CT molecular complexity index is 617. The largest absolute Gasteiger partial charge is 0.534 e. The van der Waals surface area contributed by atoms with Gasteiger partial charge in [-0.1, -0.05) is 31.2 Å². The predicted octanol–water partition coefficient (Wildman–Crippen LogP) is 3.09. The predicted molar refractivity (Wildman–Crippen MR) is 63.3 cm³/mol. The van der Waals surface area contributed by atoms with Crippen molar-refractivity contribution in [2.45, 2.75) is 18.9 Å². The normalized spacial score (nSPS) is 19.6. The SMILES string of the molecule is CC1C=C(OS(=O)(=O)C(F)(F)F)c2ccccc2C1. The zero-order chi connectivity index (χ0) is 14.3. The van der Waals surface area contributed by atoms with Crippen molar-refractivity contribution in [1.82, 2.24) is 0 Å². The van der Waals surface area contributed by atoms with Crippen molar-refractivity contribution in [3.8, 4) is 0 Å². The summed E-state index contributed by atoms with van der Waals surface area (Å²) in [7, 11) is -5.63. The molecule has 0 fully saturated rings. The Labute approximate surface area is 108 Å². The van der Waals surface area contributed by atoms with Crippen molar-refractivity contribution in [2.75, 3.05) is 0 Å². The van der Waals surface area contributed by atoms with E-state index in [9.17, 15) is 21.6 Å². The van der Waals surface area contributed by atoms with Gasteiger partial charge in [-0.2, -0.15) is 21.6 Å². The van der Waals surface area contributed by atoms with Crippen LogP contribution in [0.5, 0.6) is 0 Å². The van der Waals surface area contributed by atoms with Crippen LogP contribution in [0.2, 0.25) is 0 Å². The van der Waals surface area contributed by atoms with Crippen molar-refractivity contribution < 1.29 is 25.8 Å². The fourth-order valence-electron chi connectivity index (χ4n) is 1.93. The summed E-state index contributed by atoms with van der Waals surface area (Å²) >= 11 is 0. The van der Waals surface area contributed by atoms with Gasteiger partial charge in [0.1, 0.15) is 5.76 Å². The third-order valence-corrected chi connectivity index (χ3v) is 3.71. The lowest BCUT2D eigenvalue weighted by Gasteiger charge is -2.21.